The van der Waals surface area contributed by atoms with Crippen LogP contribution in [0.3, 0.4) is 0 Å². The van der Waals surface area contributed by atoms with Crippen molar-refractivity contribution in [1.82, 2.24) is 0 Å². The minimum atomic E-state index is -0.401. The highest BCUT2D eigenvalue weighted by Crippen LogP contribution is 2.38. The van der Waals surface area contributed by atoms with Crippen LogP contribution in [0, 0.1) is 0 Å². The fourth-order valence-corrected chi connectivity index (χ4v) is 2.06. The lowest BCUT2D eigenvalue weighted by Gasteiger charge is -1.98. The Labute approximate surface area is 102 Å². The summed E-state index contributed by atoms with van der Waals surface area (Å²) in [5, 5.41) is 11.5. The number of rotatable bonds is 1. The maximum absolute atomic E-state index is 11.2. The zero-order valence-electron chi connectivity index (χ0n) is 10.1. The molecule has 2 heterocycles. The van der Waals surface area contributed by atoms with E-state index in [4.69, 9.17) is 8.83 Å². The van der Waals surface area contributed by atoms with Gasteiger partial charge in [0.1, 0.15) is 16.9 Å². The minimum Gasteiger partial charge on any atom is -0.504 e. The number of hydrogen-bond acceptors (Lipinski definition) is 4. The first-order valence-corrected chi connectivity index (χ1v) is 5.75. The molecule has 0 radical (unpaired) electrons. The number of furan rings is 1. The molecule has 0 aliphatic carbocycles. The smallest absolute Gasteiger partial charge is 0.336 e. The summed E-state index contributed by atoms with van der Waals surface area (Å²) in [6.07, 6.45) is 0. The fourth-order valence-electron chi connectivity index (χ4n) is 2.06. The van der Waals surface area contributed by atoms with E-state index >= 15 is 0 Å². The van der Waals surface area contributed by atoms with Gasteiger partial charge in [-0.05, 0) is 12.1 Å². The minimum absolute atomic E-state index is 0.0903. The molecule has 1 aromatic carbocycles. The molecule has 0 saturated carbocycles. The van der Waals surface area contributed by atoms with Crippen molar-refractivity contribution in [2.24, 2.45) is 0 Å². The van der Waals surface area contributed by atoms with Gasteiger partial charge in [0, 0.05) is 23.4 Å². The third kappa shape index (κ3) is 1.49. The third-order valence-corrected chi connectivity index (χ3v) is 2.95. The lowest BCUT2D eigenvalue weighted by Crippen LogP contribution is -1.93. The fraction of sp³-hybridized carbons (Fsp3) is 0.214. The molecule has 0 bridgehead atoms. The SMILES string of the molecule is CC(C)c1oc2cc3oc(=O)ccc3cc2c1O. The van der Waals surface area contributed by atoms with Crippen molar-refractivity contribution >= 4 is 21.9 Å². The summed E-state index contributed by atoms with van der Waals surface area (Å²) in [5.41, 5.74) is 0.582. The van der Waals surface area contributed by atoms with Crippen molar-refractivity contribution in [2.75, 3.05) is 0 Å². The summed E-state index contributed by atoms with van der Waals surface area (Å²) >= 11 is 0. The van der Waals surface area contributed by atoms with Gasteiger partial charge in [-0.2, -0.15) is 0 Å². The maximum atomic E-state index is 11.2. The predicted molar refractivity (Wildman–Crippen MR) is 68.0 cm³/mol. The number of benzene rings is 1. The van der Waals surface area contributed by atoms with Gasteiger partial charge < -0.3 is 13.9 Å². The van der Waals surface area contributed by atoms with E-state index in [0.29, 0.717) is 22.3 Å². The van der Waals surface area contributed by atoms with E-state index in [9.17, 15) is 9.90 Å². The van der Waals surface area contributed by atoms with Crippen LogP contribution in [0.5, 0.6) is 5.75 Å². The van der Waals surface area contributed by atoms with Crippen molar-refractivity contribution in [1.29, 1.82) is 0 Å². The van der Waals surface area contributed by atoms with Gasteiger partial charge in [-0.1, -0.05) is 13.8 Å². The van der Waals surface area contributed by atoms with Crippen LogP contribution in [0.4, 0.5) is 0 Å². The number of fused-ring (bicyclic) bond motifs is 2. The van der Waals surface area contributed by atoms with Crippen LogP contribution in [-0.2, 0) is 0 Å². The molecule has 0 unspecified atom stereocenters. The van der Waals surface area contributed by atoms with Gasteiger partial charge in [-0.15, -0.1) is 0 Å². The Morgan fingerprint density at radius 1 is 1.11 bits per heavy atom. The average molecular weight is 244 g/mol. The summed E-state index contributed by atoms with van der Waals surface area (Å²) in [5.74, 6) is 0.795. The van der Waals surface area contributed by atoms with Crippen LogP contribution in [0.15, 0.2) is 37.9 Å². The summed E-state index contributed by atoms with van der Waals surface area (Å²) in [6.45, 7) is 3.88. The zero-order valence-corrected chi connectivity index (χ0v) is 10.1. The topological polar surface area (TPSA) is 63.6 Å². The Balaban J connectivity index is 2.42. The molecule has 4 heteroatoms. The quantitative estimate of drug-likeness (QED) is 0.666. The molecule has 0 atom stereocenters. The van der Waals surface area contributed by atoms with Gasteiger partial charge in [0.2, 0.25) is 0 Å². The van der Waals surface area contributed by atoms with Crippen LogP contribution < -0.4 is 5.63 Å². The first-order valence-electron chi connectivity index (χ1n) is 5.75. The molecule has 2 aromatic heterocycles. The Morgan fingerprint density at radius 3 is 2.61 bits per heavy atom. The molecular formula is C14H12O4. The monoisotopic (exact) mass is 244 g/mol. The lowest BCUT2D eigenvalue weighted by atomic mass is 10.1. The molecule has 3 aromatic rings. The molecule has 3 rings (SSSR count). The van der Waals surface area contributed by atoms with E-state index in [0.717, 1.165) is 5.39 Å². The largest absolute Gasteiger partial charge is 0.504 e. The van der Waals surface area contributed by atoms with E-state index in [1.807, 2.05) is 13.8 Å². The molecule has 4 nitrogen and oxygen atoms in total. The summed E-state index contributed by atoms with van der Waals surface area (Å²) in [6, 6.07) is 6.42. The zero-order chi connectivity index (χ0) is 12.9. The normalized spacial score (nSPS) is 11.7. The van der Waals surface area contributed by atoms with Crippen molar-refractivity contribution in [3.63, 3.8) is 0 Å². The molecule has 0 aliphatic heterocycles. The van der Waals surface area contributed by atoms with Gasteiger partial charge in [-0.25, -0.2) is 4.79 Å². The second kappa shape index (κ2) is 3.63. The first kappa shape index (κ1) is 10.9. The predicted octanol–water partition coefficient (Wildman–Crippen LogP) is 3.37. The van der Waals surface area contributed by atoms with Crippen molar-refractivity contribution < 1.29 is 13.9 Å². The van der Waals surface area contributed by atoms with Gasteiger partial charge in [0.05, 0.1) is 5.39 Å². The van der Waals surface area contributed by atoms with E-state index in [1.165, 1.54) is 6.07 Å². The van der Waals surface area contributed by atoms with Crippen LogP contribution in [0.25, 0.3) is 21.9 Å². The lowest BCUT2D eigenvalue weighted by molar-refractivity contribution is 0.429. The molecule has 0 fully saturated rings. The van der Waals surface area contributed by atoms with E-state index in [-0.39, 0.29) is 11.7 Å². The molecule has 0 aliphatic rings. The first-order chi connectivity index (χ1) is 8.56. The summed E-state index contributed by atoms with van der Waals surface area (Å²) in [4.78, 5) is 11.2. The molecular weight excluding hydrogens is 232 g/mol. The Morgan fingerprint density at radius 2 is 1.89 bits per heavy atom. The number of aromatic hydroxyl groups is 1. The maximum Gasteiger partial charge on any atom is 0.336 e. The Bertz CT molecular complexity index is 793. The Kier molecular flexibility index (Phi) is 2.20. The summed E-state index contributed by atoms with van der Waals surface area (Å²) in [7, 11) is 0. The molecule has 18 heavy (non-hydrogen) atoms. The second-order valence-electron chi connectivity index (χ2n) is 4.61. The molecule has 0 spiro atoms. The van der Waals surface area contributed by atoms with Crippen LogP contribution in [-0.4, -0.2) is 5.11 Å². The van der Waals surface area contributed by atoms with Gasteiger partial charge in [-0.3, -0.25) is 0 Å². The highest BCUT2D eigenvalue weighted by atomic mass is 16.4. The van der Waals surface area contributed by atoms with Crippen molar-refractivity contribution in [3.8, 4) is 5.75 Å². The Hall–Kier alpha value is -2.23. The van der Waals surface area contributed by atoms with Crippen molar-refractivity contribution in [3.05, 3.63) is 40.4 Å². The average Bonchev–Trinajstić information content (AvgIpc) is 2.64. The van der Waals surface area contributed by atoms with E-state index in [2.05, 4.69) is 0 Å². The van der Waals surface area contributed by atoms with Gasteiger partial charge in [0.25, 0.3) is 0 Å². The highest BCUT2D eigenvalue weighted by molar-refractivity contribution is 5.96. The molecule has 92 valence electrons. The second-order valence-corrected chi connectivity index (χ2v) is 4.61. The van der Waals surface area contributed by atoms with Crippen LogP contribution in [0.1, 0.15) is 25.5 Å². The molecule has 0 saturated heterocycles. The number of hydrogen-bond donors (Lipinski definition) is 1. The van der Waals surface area contributed by atoms with E-state index in [1.54, 1.807) is 18.2 Å². The van der Waals surface area contributed by atoms with Crippen molar-refractivity contribution in [2.45, 2.75) is 19.8 Å². The third-order valence-electron chi connectivity index (χ3n) is 2.95. The molecule has 0 amide bonds. The summed E-state index contributed by atoms with van der Waals surface area (Å²) < 4.78 is 10.7. The molecule has 1 N–H and O–H groups in total. The highest BCUT2D eigenvalue weighted by Gasteiger charge is 2.17. The van der Waals surface area contributed by atoms with Gasteiger partial charge >= 0.3 is 5.63 Å². The van der Waals surface area contributed by atoms with Gasteiger partial charge in [0.15, 0.2) is 5.75 Å². The van der Waals surface area contributed by atoms with Crippen LogP contribution >= 0.6 is 0 Å². The van der Waals surface area contributed by atoms with Crippen LogP contribution in [0.2, 0.25) is 0 Å². The standard InChI is InChI=1S/C14H12O4/c1-7(2)14-13(16)9-5-8-3-4-12(15)17-10(8)6-11(9)18-14/h3-7,16H,1-2H3. The van der Waals surface area contributed by atoms with E-state index < -0.39 is 5.63 Å².